The molecule has 0 radical (unpaired) electrons. The van der Waals surface area contributed by atoms with Crippen LogP contribution in [0.2, 0.25) is 0 Å². The summed E-state index contributed by atoms with van der Waals surface area (Å²) in [5, 5.41) is 7.71. The van der Waals surface area contributed by atoms with Crippen molar-refractivity contribution in [2.45, 2.75) is 0 Å². The van der Waals surface area contributed by atoms with E-state index in [1.807, 2.05) is 11.3 Å². The van der Waals surface area contributed by atoms with Gasteiger partial charge in [0.25, 0.3) is 0 Å². The number of anilines is 3. The molecule has 0 unspecified atom stereocenters. The third-order valence-electron chi connectivity index (χ3n) is 9.06. The van der Waals surface area contributed by atoms with Gasteiger partial charge >= 0.3 is 0 Å². The molecule has 0 aliphatic heterocycles. The van der Waals surface area contributed by atoms with Crippen molar-refractivity contribution < 1.29 is 0 Å². The number of thiophene rings is 1. The molecule has 0 amide bonds. The molecule has 0 bridgehead atoms. The number of rotatable bonds is 5. The number of para-hydroxylation sites is 1. The summed E-state index contributed by atoms with van der Waals surface area (Å²) in [6.07, 6.45) is 0. The van der Waals surface area contributed by atoms with E-state index in [0.717, 1.165) is 11.4 Å². The van der Waals surface area contributed by atoms with Crippen LogP contribution in [0.15, 0.2) is 176 Å². The Bertz CT molecular complexity index is 2530. The van der Waals surface area contributed by atoms with Crippen LogP contribution in [0.4, 0.5) is 17.1 Å². The predicted molar refractivity (Wildman–Crippen MR) is 200 cm³/mol. The van der Waals surface area contributed by atoms with Crippen LogP contribution in [0.3, 0.4) is 0 Å². The second-order valence-corrected chi connectivity index (χ2v) is 12.8. The molecule has 0 aliphatic rings. The number of benzene rings is 8. The standard InChI is InChI=1S/C44H29NS/c1-2-13-30(14-3-1)35-17-8-10-22-41(35)45(42-23-12-21-39-38-20-9-11-24-43(38)46-44(39)42)33-27-25-31(26-28-33)40-29-32-15-4-5-16-34(32)36-18-6-7-19-37(36)40/h1-29H. The third-order valence-corrected chi connectivity index (χ3v) is 10.3. The average Bonchev–Trinajstić information content (AvgIpc) is 3.52. The first-order valence-electron chi connectivity index (χ1n) is 15.7. The Morgan fingerprint density at radius 1 is 0.370 bits per heavy atom. The first-order chi connectivity index (χ1) is 22.8. The van der Waals surface area contributed by atoms with E-state index >= 15 is 0 Å². The first kappa shape index (κ1) is 26.7. The van der Waals surface area contributed by atoms with Gasteiger partial charge in [-0.05, 0) is 74.6 Å². The molecule has 46 heavy (non-hydrogen) atoms. The average molecular weight is 604 g/mol. The van der Waals surface area contributed by atoms with Crippen molar-refractivity contribution >= 4 is 70.1 Å². The van der Waals surface area contributed by atoms with Crippen LogP contribution in [0.25, 0.3) is 64.0 Å². The molecule has 9 rings (SSSR count). The summed E-state index contributed by atoms with van der Waals surface area (Å²) in [5.41, 5.74) is 8.33. The quantitative estimate of drug-likeness (QED) is 0.177. The largest absolute Gasteiger partial charge is 0.308 e. The van der Waals surface area contributed by atoms with E-state index in [1.165, 1.54) is 69.7 Å². The number of fused-ring (bicyclic) bond motifs is 6. The molecular formula is C44H29NS. The van der Waals surface area contributed by atoms with E-state index in [1.54, 1.807) is 0 Å². The molecule has 1 heterocycles. The molecule has 1 aromatic heterocycles. The van der Waals surface area contributed by atoms with Crippen LogP contribution in [0.5, 0.6) is 0 Å². The minimum absolute atomic E-state index is 1.13. The van der Waals surface area contributed by atoms with Crippen molar-refractivity contribution in [2.24, 2.45) is 0 Å². The van der Waals surface area contributed by atoms with Crippen LogP contribution in [0, 0.1) is 0 Å². The SMILES string of the molecule is c1ccc(-c2ccccc2N(c2ccc(-c3cc4ccccc4c4ccccc34)cc2)c2cccc3c2sc2ccccc23)cc1. The molecule has 0 N–H and O–H groups in total. The zero-order valence-corrected chi connectivity index (χ0v) is 25.9. The highest BCUT2D eigenvalue weighted by molar-refractivity contribution is 7.26. The summed E-state index contributed by atoms with van der Waals surface area (Å²) < 4.78 is 2.59. The van der Waals surface area contributed by atoms with E-state index in [2.05, 4.69) is 181 Å². The molecule has 2 heteroatoms. The Labute approximate surface area is 272 Å². The highest BCUT2D eigenvalue weighted by Gasteiger charge is 2.21. The van der Waals surface area contributed by atoms with Crippen LogP contribution < -0.4 is 4.90 Å². The molecule has 0 saturated carbocycles. The van der Waals surface area contributed by atoms with E-state index in [9.17, 15) is 0 Å². The lowest BCUT2D eigenvalue weighted by molar-refractivity contribution is 1.30. The normalized spacial score (nSPS) is 11.5. The molecule has 0 saturated heterocycles. The van der Waals surface area contributed by atoms with Gasteiger partial charge in [-0.1, -0.05) is 140 Å². The van der Waals surface area contributed by atoms with Gasteiger partial charge in [-0.3, -0.25) is 0 Å². The predicted octanol–water partition coefficient (Wildman–Crippen LogP) is 13.2. The molecule has 216 valence electrons. The van der Waals surface area contributed by atoms with Crippen molar-refractivity contribution in [3.63, 3.8) is 0 Å². The summed E-state index contributed by atoms with van der Waals surface area (Å²) in [7, 11) is 0. The topological polar surface area (TPSA) is 3.24 Å². The molecule has 0 aliphatic carbocycles. The molecule has 8 aromatic carbocycles. The Morgan fingerprint density at radius 3 is 1.83 bits per heavy atom. The molecule has 1 nitrogen and oxygen atoms in total. The maximum Gasteiger partial charge on any atom is 0.0640 e. The monoisotopic (exact) mass is 603 g/mol. The second kappa shape index (κ2) is 11.0. The van der Waals surface area contributed by atoms with Crippen molar-refractivity contribution in [3.05, 3.63) is 176 Å². The molecule has 0 spiro atoms. The highest BCUT2D eigenvalue weighted by atomic mass is 32.1. The molecule has 0 fully saturated rings. The van der Waals surface area contributed by atoms with Crippen molar-refractivity contribution in [1.82, 2.24) is 0 Å². The summed E-state index contributed by atoms with van der Waals surface area (Å²) in [4.78, 5) is 2.45. The first-order valence-corrected chi connectivity index (χ1v) is 16.5. The summed E-state index contributed by atoms with van der Waals surface area (Å²) in [6, 6.07) is 63.9. The Kier molecular flexibility index (Phi) is 6.40. The summed E-state index contributed by atoms with van der Waals surface area (Å²) >= 11 is 1.87. The van der Waals surface area contributed by atoms with Crippen molar-refractivity contribution in [3.8, 4) is 22.3 Å². The van der Waals surface area contributed by atoms with Crippen LogP contribution in [-0.4, -0.2) is 0 Å². The van der Waals surface area contributed by atoms with E-state index in [-0.39, 0.29) is 0 Å². The van der Waals surface area contributed by atoms with Gasteiger partial charge in [-0.25, -0.2) is 0 Å². The number of nitrogens with zero attached hydrogens (tertiary/aromatic N) is 1. The zero-order valence-electron chi connectivity index (χ0n) is 25.1. The van der Waals surface area contributed by atoms with Crippen LogP contribution in [-0.2, 0) is 0 Å². The molecule has 9 aromatic rings. The van der Waals surface area contributed by atoms with E-state index in [4.69, 9.17) is 0 Å². The van der Waals surface area contributed by atoms with Gasteiger partial charge in [0.2, 0.25) is 0 Å². The van der Waals surface area contributed by atoms with Crippen molar-refractivity contribution in [2.75, 3.05) is 4.90 Å². The van der Waals surface area contributed by atoms with E-state index < -0.39 is 0 Å². The maximum atomic E-state index is 2.45. The maximum absolute atomic E-state index is 2.45. The highest BCUT2D eigenvalue weighted by Crippen LogP contribution is 2.47. The molecule has 0 atom stereocenters. The second-order valence-electron chi connectivity index (χ2n) is 11.7. The fraction of sp³-hybridized carbons (Fsp3) is 0. The summed E-state index contributed by atoms with van der Waals surface area (Å²) in [6.45, 7) is 0. The number of hydrogen-bond acceptors (Lipinski definition) is 2. The van der Waals surface area contributed by atoms with Gasteiger partial charge < -0.3 is 4.90 Å². The van der Waals surface area contributed by atoms with E-state index in [0.29, 0.717) is 0 Å². The Balaban J connectivity index is 1.26. The van der Waals surface area contributed by atoms with Gasteiger partial charge in [-0.15, -0.1) is 11.3 Å². The fourth-order valence-electron chi connectivity index (χ4n) is 6.93. The van der Waals surface area contributed by atoms with Crippen LogP contribution in [0.1, 0.15) is 0 Å². The fourth-order valence-corrected chi connectivity index (χ4v) is 8.14. The van der Waals surface area contributed by atoms with Gasteiger partial charge in [0.05, 0.1) is 16.1 Å². The lowest BCUT2D eigenvalue weighted by Gasteiger charge is -2.28. The lowest BCUT2D eigenvalue weighted by atomic mass is 9.93. The lowest BCUT2D eigenvalue weighted by Crippen LogP contribution is -2.11. The summed E-state index contributed by atoms with van der Waals surface area (Å²) in [5.74, 6) is 0. The van der Waals surface area contributed by atoms with Crippen LogP contribution >= 0.6 is 11.3 Å². The van der Waals surface area contributed by atoms with Gasteiger partial charge in [0.1, 0.15) is 0 Å². The number of hydrogen-bond donors (Lipinski definition) is 0. The minimum Gasteiger partial charge on any atom is -0.308 e. The Hall–Kier alpha value is -5.70. The van der Waals surface area contributed by atoms with Gasteiger partial charge in [-0.2, -0.15) is 0 Å². The Morgan fingerprint density at radius 2 is 0.978 bits per heavy atom. The zero-order chi connectivity index (χ0) is 30.5. The van der Waals surface area contributed by atoms with Gasteiger partial charge in [0, 0.05) is 26.7 Å². The van der Waals surface area contributed by atoms with Gasteiger partial charge in [0.15, 0.2) is 0 Å². The molecular weight excluding hydrogens is 575 g/mol. The third kappa shape index (κ3) is 4.38. The smallest absolute Gasteiger partial charge is 0.0640 e. The van der Waals surface area contributed by atoms with Crippen molar-refractivity contribution in [1.29, 1.82) is 0 Å². The minimum atomic E-state index is 1.13.